The zero-order valence-corrected chi connectivity index (χ0v) is 9.23. The number of rotatable bonds is 3. The van der Waals surface area contributed by atoms with Gasteiger partial charge in [-0.3, -0.25) is 4.21 Å². The van der Waals surface area contributed by atoms with Gasteiger partial charge < -0.3 is 5.32 Å². The van der Waals surface area contributed by atoms with E-state index in [0.29, 0.717) is 16.7 Å². The van der Waals surface area contributed by atoms with E-state index >= 15 is 0 Å². The molecule has 2 atom stereocenters. The largest absolute Gasteiger partial charge is 0.313 e. The molecule has 1 aromatic carbocycles. The van der Waals surface area contributed by atoms with Gasteiger partial charge in [-0.2, -0.15) is 0 Å². The Hall–Kier alpha value is -0.740. The normalized spacial score (nSPS) is 22.9. The van der Waals surface area contributed by atoms with Crippen LogP contribution >= 0.6 is 0 Å². The molecule has 15 heavy (non-hydrogen) atoms. The van der Waals surface area contributed by atoms with Crippen molar-refractivity contribution in [2.24, 2.45) is 0 Å². The summed E-state index contributed by atoms with van der Waals surface area (Å²) in [6.45, 7) is 1.02. The predicted octanol–water partition coefficient (Wildman–Crippen LogP) is 1.69. The van der Waals surface area contributed by atoms with Gasteiger partial charge >= 0.3 is 0 Å². The van der Waals surface area contributed by atoms with Crippen molar-refractivity contribution >= 4 is 10.8 Å². The summed E-state index contributed by atoms with van der Waals surface area (Å²) in [6.07, 6.45) is 2.25. The Kier molecular flexibility index (Phi) is 3.49. The van der Waals surface area contributed by atoms with Crippen LogP contribution in [0.2, 0.25) is 0 Å². The van der Waals surface area contributed by atoms with Crippen LogP contribution in [0.4, 0.5) is 4.39 Å². The average Bonchev–Trinajstić information content (AvgIpc) is 2.71. The van der Waals surface area contributed by atoms with Crippen LogP contribution in [0.15, 0.2) is 29.2 Å². The first-order valence-electron chi connectivity index (χ1n) is 5.13. The molecular formula is C11H14FNOS. The van der Waals surface area contributed by atoms with Crippen LogP contribution in [-0.2, 0) is 10.8 Å². The van der Waals surface area contributed by atoms with E-state index in [0.717, 1.165) is 19.4 Å². The van der Waals surface area contributed by atoms with Gasteiger partial charge in [-0.25, -0.2) is 4.39 Å². The molecule has 1 aliphatic heterocycles. The molecule has 0 aliphatic carbocycles. The van der Waals surface area contributed by atoms with Crippen LogP contribution in [0.1, 0.15) is 12.8 Å². The van der Waals surface area contributed by atoms with E-state index in [4.69, 9.17) is 0 Å². The Bertz CT molecular complexity index is 346. The van der Waals surface area contributed by atoms with Crippen molar-refractivity contribution in [3.05, 3.63) is 30.1 Å². The molecule has 82 valence electrons. The van der Waals surface area contributed by atoms with Crippen LogP contribution < -0.4 is 5.32 Å². The van der Waals surface area contributed by atoms with E-state index in [-0.39, 0.29) is 5.82 Å². The Morgan fingerprint density at radius 1 is 1.40 bits per heavy atom. The molecule has 1 N–H and O–H groups in total. The molecule has 2 rings (SSSR count). The molecule has 1 heterocycles. The molecular weight excluding hydrogens is 213 g/mol. The van der Waals surface area contributed by atoms with Gasteiger partial charge in [0, 0.05) is 16.7 Å². The number of nitrogens with one attached hydrogen (secondary N) is 1. The predicted molar refractivity (Wildman–Crippen MR) is 58.7 cm³/mol. The lowest BCUT2D eigenvalue weighted by Gasteiger charge is -2.09. The van der Waals surface area contributed by atoms with Gasteiger partial charge in [-0.05, 0) is 43.7 Å². The van der Waals surface area contributed by atoms with Gasteiger partial charge in [0.2, 0.25) is 0 Å². The standard InChI is InChI=1S/C11H14FNOS/c12-9-3-5-11(6-4-9)15(14)8-10-2-1-7-13-10/h3-6,10,13H,1-2,7-8H2. The highest BCUT2D eigenvalue weighted by molar-refractivity contribution is 7.85. The first-order valence-corrected chi connectivity index (χ1v) is 6.45. The van der Waals surface area contributed by atoms with Crippen LogP contribution in [-0.4, -0.2) is 22.5 Å². The Labute approximate surface area is 91.3 Å². The Morgan fingerprint density at radius 2 is 2.13 bits per heavy atom. The highest BCUT2D eigenvalue weighted by Gasteiger charge is 2.17. The van der Waals surface area contributed by atoms with Gasteiger partial charge in [0.05, 0.1) is 10.8 Å². The van der Waals surface area contributed by atoms with E-state index < -0.39 is 10.8 Å². The quantitative estimate of drug-likeness (QED) is 0.851. The van der Waals surface area contributed by atoms with Gasteiger partial charge in [-0.15, -0.1) is 0 Å². The maximum absolute atomic E-state index is 12.6. The Balaban J connectivity index is 1.98. The fourth-order valence-electron chi connectivity index (χ4n) is 1.76. The molecule has 0 saturated carbocycles. The van der Waals surface area contributed by atoms with E-state index in [9.17, 15) is 8.60 Å². The number of hydrogen-bond donors (Lipinski definition) is 1. The molecule has 2 unspecified atom stereocenters. The third-order valence-corrected chi connectivity index (χ3v) is 4.09. The van der Waals surface area contributed by atoms with E-state index in [1.165, 1.54) is 12.1 Å². The minimum atomic E-state index is -1.01. The summed E-state index contributed by atoms with van der Waals surface area (Å²) < 4.78 is 24.5. The fraction of sp³-hybridized carbons (Fsp3) is 0.455. The summed E-state index contributed by atoms with van der Waals surface area (Å²) >= 11 is 0. The maximum atomic E-state index is 12.6. The zero-order valence-electron chi connectivity index (χ0n) is 8.41. The summed E-state index contributed by atoms with van der Waals surface area (Å²) in [5.41, 5.74) is 0. The highest BCUT2D eigenvalue weighted by Crippen LogP contribution is 2.12. The van der Waals surface area contributed by atoms with E-state index in [1.807, 2.05) is 0 Å². The summed E-state index contributed by atoms with van der Waals surface area (Å²) in [4.78, 5) is 0.713. The topological polar surface area (TPSA) is 29.1 Å². The minimum Gasteiger partial charge on any atom is -0.313 e. The average molecular weight is 227 g/mol. The third kappa shape index (κ3) is 2.86. The molecule has 1 fully saturated rings. The van der Waals surface area contributed by atoms with E-state index in [1.54, 1.807) is 12.1 Å². The van der Waals surface area contributed by atoms with Crippen molar-refractivity contribution in [2.45, 2.75) is 23.8 Å². The van der Waals surface area contributed by atoms with Crippen LogP contribution in [0, 0.1) is 5.82 Å². The second-order valence-electron chi connectivity index (χ2n) is 3.76. The molecule has 0 bridgehead atoms. The monoisotopic (exact) mass is 227 g/mol. The molecule has 2 nitrogen and oxygen atoms in total. The van der Waals surface area contributed by atoms with Gasteiger partial charge in [0.1, 0.15) is 5.82 Å². The zero-order chi connectivity index (χ0) is 10.7. The lowest BCUT2D eigenvalue weighted by atomic mass is 10.3. The van der Waals surface area contributed by atoms with Crippen molar-refractivity contribution in [1.29, 1.82) is 0 Å². The molecule has 0 amide bonds. The molecule has 1 aliphatic rings. The lowest BCUT2D eigenvalue weighted by molar-refractivity contribution is 0.625. The minimum absolute atomic E-state index is 0.283. The second-order valence-corrected chi connectivity index (χ2v) is 5.26. The molecule has 4 heteroatoms. The first kappa shape index (κ1) is 10.8. The van der Waals surface area contributed by atoms with Crippen LogP contribution in [0.25, 0.3) is 0 Å². The number of halogens is 1. The highest BCUT2D eigenvalue weighted by atomic mass is 32.2. The van der Waals surface area contributed by atoms with Crippen molar-refractivity contribution < 1.29 is 8.60 Å². The third-order valence-electron chi connectivity index (χ3n) is 2.59. The summed E-state index contributed by atoms with van der Waals surface area (Å²) in [5.74, 6) is 0.348. The smallest absolute Gasteiger partial charge is 0.123 e. The molecule has 1 aromatic rings. The second kappa shape index (κ2) is 4.86. The van der Waals surface area contributed by atoms with Crippen molar-refractivity contribution in [2.75, 3.05) is 12.3 Å². The number of hydrogen-bond acceptors (Lipinski definition) is 2. The van der Waals surface area contributed by atoms with Crippen molar-refractivity contribution in [1.82, 2.24) is 5.32 Å². The Morgan fingerprint density at radius 3 is 2.73 bits per heavy atom. The summed E-state index contributed by atoms with van der Waals surface area (Å²) in [5, 5.41) is 3.30. The summed E-state index contributed by atoms with van der Waals surface area (Å²) in [6, 6.07) is 6.27. The fourth-order valence-corrected chi connectivity index (χ4v) is 3.05. The molecule has 0 spiro atoms. The molecule has 1 saturated heterocycles. The maximum Gasteiger partial charge on any atom is 0.123 e. The van der Waals surface area contributed by atoms with Crippen LogP contribution in [0.3, 0.4) is 0 Å². The lowest BCUT2D eigenvalue weighted by Crippen LogP contribution is -2.27. The van der Waals surface area contributed by atoms with Gasteiger partial charge in [0.25, 0.3) is 0 Å². The van der Waals surface area contributed by atoms with E-state index in [2.05, 4.69) is 5.32 Å². The van der Waals surface area contributed by atoms with Gasteiger partial charge in [-0.1, -0.05) is 0 Å². The van der Waals surface area contributed by atoms with Crippen molar-refractivity contribution in [3.63, 3.8) is 0 Å². The van der Waals surface area contributed by atoms with Crippen molar-refractivity contribution in [3.8, 4) is 0 Å². The number of benzene rings is 1. The van der Waals surface area contributed by atoms with Gasteiger partial charge in [0.15, 0.2) is 0 Å². The summed E-state index contributed by atoms with van der Waals surface area (Å²) in [7, 11) is -1.01. The SMILES string of the molecule is O=S(CC1CCCN1)c1ccc(F)cc1. The molecule has 0 radical (unpaired) electrons. The molecule has 0 aromatic heterocycles. The first-order chi connectivity index (χ1) is 7.25. The van der Waals surface area contributed by atoms with Crippen LogP contribution in [0.5, 0.6) is 0 Å².